The Labute approximate surface area is 89.2 Å². The van der Waals surface area contributed by atoms with Crippen LogP contribution in [0.5, 0.6) is 0 Å². The van der Waals surface area contributed by atoms with Gasteiger partial charge in [0, 0.05) is 17.8 Å². The SMILES string of the molecule is CC(C)(C)n1cc2cc(BO)cnc2n1. The van der Waals surface area contributed by atoms with Gasteiger partial charge in [0.1, 0.15) is 0 Å². The van der Waals surface area contributed by atoms with E-state index in [0.29, 0.717) is 0 Å². The molecule has 4 nitrogen and oxygen atoms in total. The quantitative estimate of drug-likeness (QED) is 0.671. The molecule has 78 valence electrons. The van der Waals surface area contributed by atoms with Crippen LogP contribution >= 0.6 is 0 Å². The summed E-state index contributed by atoms with van der Waals surface area (Å²) in [5, 5.41) is 14.3. The van der Waals surface area contributed by atoms with Crippen LogP contribution in [0.4, 0.5) is 0 Å². The lowest BCUT2D eigenvalue weighted by molar-refractivity contribution is 0.358. The van der Waals surface area contributed by atoms with Gasteiger partial charge in [-0.1, -0.05) is 6.07 Å². The first-order valence-electron chi connectivity index (χ1n) is 4.96. The average molecular weight is 203 g/mol. The molecule has 1 N–H and O–H groups in total. The molecule has 0 saturated heterocycles. The maximum atomic E-state index is 9.00. The molecule has 2 aromatic rings. The second kappa shape index (κ2) is 3.34. The van der Waals surface area contributed by atoms with Crippen molar-refractivity contribution < 1.29 is 5.02 Å². The minimum absolute atomic E-state index is 0.0175. The van der Waals surface area contributed by atoms with Gasteiger partial charge in [0.15, 0.2) is 5.65 Å². The van der Waals surface area contributed by atoms with Gasteiger partial charge in [-0.2, -0.15) is 5.10 Å². The molecule has 0 spiro atoms. The fraction of sp³-hybridized carbons (Fsp3) is 0.400. The Hall–Kier alpha value is -1.36. The van der Waals surface area contributed by atoms with Crippen LogP contribution in [-0.4, -0.2) is 27.3 Å². The van der Waals surface area contributed by atoms with Gasteiger partial charge in [-0.15, -0.1) is 0 Å². The molecule has 0 aromatic carbocycles. The first-order chi connectivity index (χ1) is 7.00. The van der Waals surface area contributed by atoms with Crippen LogP contribution in [0.15, 0.2) is 18.5 Å². The summed E-state index contributed by atoms with van der Waals surface area (Å²) in [4.78, 5) is 4.19. The lowest BCUT2D eigenvalue weighted by Gasteiger charge is -2.18. The molecular formula is C10H14BN3O. The Bertz CT molecular complexity index is 487. The van der Waals surface area contributed by atoms with Crippen LogP contribution in [0.2, 0.25) is 0 Å². The summed E-state index contributed by atoms with van der Waals surface area (Å²) in [6.07, 6.45) is 3.61. The molecule has 0 fully saturated rings. The summed E-state index contributed by atoms with van der Waals surface area (Å²) in [5.74, 6) is 0. The predicted octanol–water partition coefficient (Wildman–Crippen LogP) is 0.155. The number of fused-ring (bicyclic) bond motifs is 1. The third kappa shape index (κ3) is 1.87. The van der Waals surface area contributed by atoms with Crippen molar-refractivity contribution in [3.05, 3.63) is 18.5 Å². The van der Waals surface area contributed by atoms with Crippen molar-refractivity contribution >= 4 is 24.0 Å². The largest absolute Gasteiger partial charge is 0.449 e. The lowest BCUT2D eigenvalue weighted by atomic mass is 9.90. The Morgan fingerprint density at radius 2 is 2.13 bits per heavy atom. The van der Waals surface area contributed by atoms with E-state index < -0.39 is 0 Å². The molecule has 0 aliphatic rings. The topological polar surface area (TPSA) is 50.9 Å². The Morgan fingerprint density at radius 1 is 1.40 bits per heavy atom. The summed E-state index contributed by atoms with van der Waals surface area (Å²) in [6.45, 7) is 6.27. The maximum Gasteiger partial charge on any atom is 0.306 e. The maximum absolute atomic E-state index is 9.00. The highest BCUT2D eigenvalue weighted by Gasteiger charge is 2.15. The molecule has 0 unspecified atom stereocenters. The third-order valence-corrected chi connectivity index (χ3v) is 2.29. The van der Waals surface area contributed by atoms with Crippen LogP contribution in [0.1, 0.15) is 20.8 Å². The highest BCUT2D eigenvalue weighted by atomic mass is 16.2. The average Bonchev–Trinajstić information content (AvgIpc) is 2.59. The summed E-state index contributed by atoms with van der Waals surface area (Å²) in [6, 6.07) is 1.91. The van der Waals surface area contributed by atoms with Gasteiger partial charge in [0.2, 0.25) is 0 Å². The van der Waals surface area contributed by atoms with Crippen molar-refractivity contribution in [3.63, 3.8) is 0 Å². The summed E-state index contributed by atoms with van der Waals surface area (Å²) < 4.78 is 1.89. The summed E-state index contributed by atoms with van der Waals surface area (Å²) in [7, 11) is 0.0175. The Kier molecular flexibility index (Phi) is 2.27. The van der Waals surface area contributed by atoms with Crippen LogP contribution in [-0.2, 0) is 5.54 Å². The number of pyridine rings is 1. The molecular weight excluding hydrogens is 189 g/mol. The van der Waals surface area contributed by atoms with Gasteiger partial charge in [-0.05, 0) is 26.2 Å². The zero-order valence-corrected chi connectivity index (χ0v) is 9.23. The first kappa shape index (κ1) is 10.2. The molecule has 0 aliphatic carbocycles. The standard InChI is InChI=1S/C10H14BN3O/c1-10(2,3)14-6-7-4-8(11-15)5-12-9(7)13-14/h4-6,11,15H,1-3H3. The number of hydrogen-bond acceptors (Lipinski definition) is 3. The third-order valence-electron chi connectivity index (χ3n) is 2.29. The number of aromatic nitrogens is 3. The van der Waals surface area contributed by atoms with Crippen molar-refractivity contribution in [2.24, 2.45) is 0 Å². The lowest BCUT2D eigenvalue weighted by Crippen LogP contribution is -2.21. The van der Waals surface area contributed by atoms with E-state index in [9.17, 15) is 0 Å². The monoisotopic (exact) mass is 203 g/mol. The summed E-state index contributed by atoms with van der Waals surface area (Å²) in [5.41, 5.74) is 1.50. The van der Waals surface area contributed by atoms with Gasteiger partial charge < -0.3 is 5.02 Å². The Balaban J connectivity index is 2.56. The Morgan fingerprint density at radius 3 is 2.73 bits per heavy atom. The fourth-order valence-electron chi connectivity index (χ4n) is 1.39. The summed E-state index contributed by atoms with van der Waals surface area (Å²) >= 11 is 0. The van der Waals surface area contributed by atoms with Crippen molar-refractivity contribution in [2.75, 3.05) is 0 Å². The molecule has 2 aromatic heterocycles. The van der Waals surface area contributed by atoms with Crippen LogP contribution < -0.4 is 5.46 Å². The second-order valence-electron chi connectivity index (χ2n) is 4.66. The second-order valence-corrected chi connectivity index (χ2v) is 4.66. The predicted molar refractivity (Wildman–Crippen MR) is 61.5 cm³/mol. The molecule has 0 bridgehead atoms. The number of hydrogen-bond donors (Lipinski definition) is 1. The van der Waals surface area contributed by atoms with E-state index in [2.05, 4.69) is 30.9 Å². The van der Waals surface area contributed by atoms with E-state index in [-0.39, 0.29) is 13.0 Å². The van der Waals surface area contributed by atoms with E-state index in [1.54, 1.807) is 6.20 Å². The van der Waals surface area contributed by atoms with E-state index in [4.69, 9.17) is 5.02 Å². The van der Waals surface area contributed by atoms with E-state index >= 15 is 0 Å². The smallest absolute Gasteiger partial charge is 0.306 e. The van der Waals surface area contributed by atoms with Crippen LogP contribution in [0, 0.1) is 0 Å². The highest BCUT2D eigenvalue weighted by Crippen LogP contribution is 2.16. The van der Waals surface area contributed by atoms with Gasteiger partial charge in [0.05, 0.1) is 5.54 Å². The molecule has 15 heavy (non-hydrogen) atoms. The molecule has 2 rings (SSSR count). The zero-order valence-electron chi connectivity index (χ0n) is 9.23. The van der Waals surface area contributed by atoms with Crippen molar-refractivity contribution in [1.29, 1.82) is 0 Å². The van der Waals surface area contributed by atoms with Crippen molar-refractivity contribution in [3.8, 4) is 0 Å². The molecule has 0 aliphatic heterocycles. The van der Waals surface area contributed by atoms with E-state index in [1.807, 2.05) is 16.9 Å². The first-order valence-corrected chi connectivity index (χ1v) is 4.96. The van der Waals surface area contributed by atoms with Gasteiger partial charge in [0.25, 0.3) is 0 Å². The molecule has 0 radical (unpaired) electrons. The van der Waals surface area contributed by atoms with E-state index in [1.165, 1.54) is 0 Å². The van der Waals surface area contributed by atoms with E-state index in [0.717, 1.165) is 16.5 Å². The highest BCUT2D eigenvalue weighted by molar-refractivity contribution is 6.45. The van der Waals surface area contributed by atoms with Gasteiger partial charge in [-0.3, -0.25) is 4.68 Å². The normalized spacial score (nSPS) is 12.0. The van der Waals surface area contributed by atoms with Crippen LogP contribution in [0.3, 0.4) is 0 Å². The number of rotatable bonds is 1. The molecule has 5 heteroatoms. The molecule has 0 atom stereocenters. The minimum atomic E-state index is -0.0416. The van der Waals surface area contributed by atoms with Crippen LogP contribution in [0.25, 0.3) is 11.0 Å². The number of nitrogens with zero attached hydrogens (tertiary/aromatic N) is 3. The molecule has 0 saturated carbocycles. The van der Waals surface area contributed by atoms with Gasteiger partial charge in [-0.25, -0.2) is 4.98 Å². The zero-order chi connectivity index (χ0) is 11.1. The fourth-order valence-corrected chi connectivity index (χ4v) is 1.39. The van der Waals surface area contributed by atoms with Gasteiger partial charge >= 0.3 is 7.48 Å². The minimum Gasteiger partial charge on any atom is -0.449 e. The van der Waals surface area contributed by atoms with Crippen molar-refractivity contribution in [2.45, 2.75) is 26.3 Å². The van der Waals surface area contributed by atoms with Crippen molar-refractivity contribution in [1.82, 2.24) is 14.8 Å². The molecule has 0 amide bonds. The molecule has 2 heterocycles.